The molecule has 0 aromatic heterocycles. The summed E-state index contributed by atoms with van der Waals surface area (Å²) in [6, 6.07) is 10.2. The van der Waals surface area contributed by atoms with E-state index in [9.17, 15) is 14.7 Å². The van der Waals surface area contributed by atoms with Gasteiger partial charge in [-0.15, -0.1) is 0 Å². The van der Waals surface area contributed by atoms with Crippen LogP contribution in [0.1, 0.15) is 46.6 Å². The van der Waals surface area contributed by atoms with Crippen molar-refractivity contribution in [1.29, 1.82) is 0 Å². The number of aryl methyl sites for hydroxylation is 1. The molecule has 24 heavy (non-hydrogen) atoms. The molecule has 0 heterocycles. The van der Waals surface area contributed by atoms with Gasteiger partial charge in [0.15, 0.2) is 5.92 Å². The van der Waals surface area contributed by atoms with Crippen molar-refractivity contribution in [3.8, 4) is 0 Å². The lowest BCUT2D eigenvalue weighted by Crippen LogP contribution is -2.43. The van der Waals surface area contributed by atoms with E-state index in [0.29, 0.717) is 0 Å². The summed E-state index contributed by atoms with van der Waals surface area (Å²) in [6.45, 7) is 8.81. The Balaban J connectivity index is 2.61. The monoisotopic (exact) mass is 352 g/mol. The third kappa shape index (κ3) is 6.95. The molecule has 1 aromatic rings. The minimum absolute atomic E-state index is 0.671. The molecule has 0 saturated heterocycles. The number of esters is 1. The van der Waals surface area contributed by atoms with Crippen LogP contribution in [0.25, 0.3) is 0 Å². The first-order chi connectivity index (χ1) is 11.0. The van der Waals surface area contributed by atoms with Crippen molar-refractivity contribution >= 4 is 23.7 Å². The van der Waals surface area contributed by atoms with Crippen LogP contribution in [0.5, 0.6) is 0 Å². The summed E-state index contributed by atoms with van der Waals surface area (Å²) in [5.41, 5.74) is 0.566. The van der Waals surface area contributed by atoms with Crippen molar-refractivity contribution in [2.45, 2.75) is 57.8 Å². The van der Waals surface area contributed by atoms with Crippen molar-refractivity contribution in [1.82, 2.24) is 0 Å². The topological polar surface area (TPSA) is 63.6 Å². The van der Waals surface area contributed by atoms with E-state index in [-0.39, 0.29) is 0 Å². The number of carbonyl (C=O) groups is 2. The van der Waals surface area contributed by atoms with E-state index < -0.39 is 28.2 Å². The molecule has 134 valence electrons. The molecular weight excluding hydrogens is 324 g/mol. The van der Waals surface area contributed by atoms with Gasteiger partial charge in [0.25, 0.3) is 0 Å². The van der Waals surface area contributed by atoms with Gasteiger partial charge in [0.2, 0.25) is 0 Å². The number of ether oxygens (including phenoxy) is 1. The highest BCUT2D eigenvalue weighted by Gasteiger charge is 2.43. The number of thioether (sulfide) groups is 1. The minimum Gasteiger partial charge on any atom is -0.481 e. The van der Waals surface area contributed by atoms with Gasteiger partial charge < -0.3 is 9.84 Å². The molecule has 0 bridgehead atoms. The van der Waals surface area contributed by atoms with Crippen molar-refractivity contribution in [3.05, 3.63) is 35.9 Å². The Kier molecular flexibility index (Phi) is 7.33. The van der Waals surface area contributed by atoms with Gasteiger partial charge in [-0.2, -0.15) is 11.8 Å². The third-order valence-electron chi connectivity index (χ3n) is 3.51. The van der Waals surface area contributed by atoms with E-state index in [1.807, 2.05) is 18.2 Å². The Bertz CT molecular complexity index is 546. The first-order valence-electron chi connectivity index (χ1n) is 8.16. The van der Waals surface area contributed by atoms with Crippen LogP contribution in [-0.2, 0) is 20.7 Å². The highest BCUT2D eigenvalue weighted by Crippen LogP contribution is 2.35. The maximum absolute atomic E-state index is 12.3. The molecule has 0 aliphatic carbocycles. The van der Waals surface area contributed by atoms with Gasteiger partial charge in [-0.1, -0.05) is 30.3 Å². The molecule has 0 aliphatic rings. The molecule has 0 fully saturated rings. The van der Waals surface area contributed by atoms with Gasteiger partial charge in [0.1, 0.15) is 5.60 Å². The normalized spacial score (nSPS) is 13.4. The zero-order valence-electron chi connectivity index (χ0n) is 15.2. The molecule has 0 amide bonds. The Labute approximate surface area is 149 Å². The number of carbonyl (C=O) groups excluding carboxylic acids is 1. The number of carboxylic acids is 1. The van der Waals surface area contributed by atoms with Gasteiger partial charge in [-0.3, -0.25) is 9.59 Å². The summed E-state index contributed by atoms with van der Waals surface area (Å²) in [4.78, 5) is 23.9. The van der Waals surface area contributed by atoms with E-state index >= 15 is 0 Å². The Hall–Kier alpha value is -1.49. The summed E-state index contributed by atoms with van der Waals surface area (Å²) in [7, 11) is 0. The molecule has 1 N–H and O–H groups in total. The fraction of sp³-hybridized carbons (Fsp3) is 0.579. The van der Waals surface area contributed by atoms with E-state index in [2.05, 4.69) is 12.1 Å². The highest BCUT2D eigenvalue weighted by molar-refractivity contribution is 8.00. The van der Waals surface area contributed by atoms with Crippen LogP contribution in [0.4, 0.5) is 0 Å². The summed E-state index contributed by atoms with van der Waals surface area (Å²) in [6.07, 6.45) is 1.87. The van der Waals surface area contributed by atoms with Crippen LogP contribution in [0, 0.1) is 5.92 Å². The number of hydrogen-bond donors (Lipinski definition) is 1. The smallest absolute Gasteiger partial charge is 0.322 e. The lowest BCUT2D eigenvalue weighted by molar-refractivity contribution is -0.167. The second-order valence-electron chi connectivity index (χ2n) is 7.35. The lowest BCUT2D eigenvalue weighted by atomic mass is 9.94. The largest absolute Gasteiger partial charge is 0.481 e. The van der Waals surface area contributed by atoms with E-state index in [1.165, 1.54) is 17.3 Å². The molecule has 1 rings (SSSR count). The van der Waals surface area contributed by atoms with Crippen LogP contribution >= 0.6 is 11.8 Å². The quantitative estimate of drug-likeness (QED) is 0.432. The van der Waals surface area contributed by atoms with Crippen LogP contribution in [-0.4, -0.2) is 33.1 Å². The molecule has 0 aliphatic heterocycles. The molecular formula is C19H28O4S. The van der Waals surface area contributed by atoms with Crippen LogP contribution < -0.4 is 0 Å². The molecule has 0 unspecified atom stereocenters. The fourth-order valence-electron chi connectivity index (χ4n) is 2.38. The highest BCUT2D eigenvalue weighted by atomic mass is 32.2. The maximum atomic E-state index is 12.3. The van der Waals surface area contributed by atoms with Crippen molar-refractivity contribution in [2.75, 3.05) is 5.75 Å². The summed E-state index contributed by atoms with van der Waals surface area (Å²) >= 11 is 1.51. The number of carboxylic acid groups (broad SMARTS) is 1. The van der Waals surface area contributed by atoms with Crippen molar-refractivity contribution in [2.24, 2.45) is 5.92 Å². The number of hydrogen-bond acceptors (Lipinski definition) is 4. The Morgan fingerprint density at radius 1 is 1.12 bits per heavy atom. The Morgan fingerprint density at radius 2 is 1.71 bits per heavy atom. The molecule has 1 aromatic carbocycles. The van der Waals surface area contributed by atoms with Crippen molar-refractivity contribution < 1.29 is 19.4 Å². The standard InChI is InChI=1S/C19H28O4S/c1-18(2,3)23-17(22)15(16(20)21)19(4,5)24-13-9-12-14-10-7-6-8-11-14/h6-8,10-11,15H,9,12-13H2,1-5H3,(H,20,21)/t15-/m1/s1. The lowest BCUT2D eigenvalue weighted by Gasteiger charge is -2.31. The third-order valence-corrected chi connectivity index (χ3v) is 4.98. The maximum Gasteiger partial charge on any atom is 0.322 e. The van der Waals surface area contributed by atoms with Crippen LogP contribution in [0.3, 0.4) is 0 Å². The zero-order valence-corrected chi connectivity index (χ0v) is 16.0. The summed E-state index contributed by atoms with van der Waals surface area (Å²) < 4.78 is 4.56. The molecule has 0 spiro atoms. The van der Waals surface area contributed by atoms with Gasteiger partial charge in [-0.25, -0.2) is 0 Å². The van der Waals surface area contributed by atoms with Gasteiger partial charge in [-0.05, 0) is 58.8 Å². The van der Waals surface area contributed by atoms with Gasteiger partial charge in [0.05, 0.1) is 0 Å². The molecule has 0 saturated carbocycles. The van der Waals surface area contributed by atoms with E-state index in [4.69, 9.17) is 4.74 Å². The first kappa shape index (κ1) is 20.6. The van der Waals surface area contributed by atoms with Crippen molar-refractivity contribution in [3.63, 3.8) is 0 Å². The van der Waals surface area contributed by atoms with Crippen LogP contribution in [0.2, 0.25) is 0 Å². The van der Waals surface area contributed by atoms with Gasteiger partial charge in [0, 0.05) is 4.75 Å². The average molecular weight is 352 g/mol. The van der Waals surface area contributed by atoms with Crippen LogP contribution in [0.15, 0.2) is 30.3 Å². The fourth-order valence-corrected chi connectivity index (χ4v) is 3.56. The number of rotatable bonds is 8. The minimum atomic E-state index is -1.18. The molecule has 0 radical (unpaired) electrons. The predicted octanol–water partition coefficient (Wildman–Crippen LogP) is 4.17. The molecule has 4 nitrogen and oxygen atoms in total. The van der Waals surface area contributed by atoms with Gasteiger partial charge >= 0.3 is 11.9 Å². The predicted molar refractivity (Wildman–Crippen MR) is 98.3 cm³/mol. The number of aliphatic carboxylic acids is 1. The second-order valence-corrected chi connectivity index (χ2v) is 9.09. The molecule has 5 heteroatoms. The summed E-state index contributed by atoms with van der Waals surface area (Å²) in [5.74, 6) is -2.20. The second kappa shape index (κ2) is 8.56. The molecule has 1 atom stereocenters. The summed E-state index contributed by atoms with van der Waals surface area (Å²) in [5, 5.41) is 9.50. The van der Waals surface area contributed by atoms with E-state index in [1.54, 1.807) is 34.6 Å². The average Bonchev–Trinajstić information content (AvgIpc) is 2.42. The zero-order chi connectivity index (χ0) is 18.4. The Morgan fingerprint density at radius 3 is 2.21 bits per heavy atom. The SMILES string of the molecule is CC(C)(C)OC(=O)[C@@H](C(=O)O)C(C)(C)SCCCc1ccccc1. The first-order valence-corrected chi connectivity index (χ1v) is 9.15. The van der Waals surface area contributed by atoms with E-state index in [0.717, 1.165) is 18.6 Å². The number of benzene rings is 1.